The number of sulfonamides is 1. The van der Waals surface area contributed by atoms with Crippen LogP contribution in [0.25, 0.3) is 10.8 Å². The number of benzene rings is 3. The van der Waals surface area contributed by atoms with Crippen LogP contribution >= 0.6 is 15.9 Å². The van der Waals surface area contributed by atoms with Gasteiger partial charge in [-0.15, -0.1) is 0 Å². The van der Waals surface area contributed by atoms with Crippen LogP contribution in [0.1, 0.15) is 42.7 Å². The predicted octanol–water partition coefficient (Wildman–Crippen LogP) is 5.09. The van der Waals surface area contributed by atoms with Gasteiger partial charge in [0.15, 0.2) is 0 Å². The van der Waals surface area contributed by atoms with E-state index in [0.29, 0.717) is 25.0 Å². The normalized spacial score (nSPS) is 18.9. The topological polar surface area (TPSA) is 81.7 Å². The van der Waals surface area contributed by atoms with Crippen LogP contribution in [-0.2, 0) is 26.0 Å². The maximum atomic E-state index is 13.4. The molecule has 3 aromatic rings. The Morgan fingerprint density at radius 1 is 1.00 bits per heavy atom. The van der Waals surface area contributed by atoms with Gasteiger partial charge in [0.2, 0.25) is 5.91 Å². The first kappa shape index (κ1) is 23.3. The average molecular weight is 544 g/mol. The number of nitrogens with one attached hydrogen (secondary N) is 1. The summed E-state index contributed by atoms with van der Waals surface area (Å²) in [5.74, 6) is -0.321. The molecule has 5 rings (SSSR count). The van der Waals surface area contributed by atoms with Crippen LogP contribution in [0.5, 0.6) is 5.75 Å². The van der Waals surface area contributed by atoms with E-state index in [0.717, 1.165) is 52.4 Å². The molecule has 0 bridgehead atoms. The number of fused-ring (bicyclic) bond motifs is 2. The summed E-state index contributed by atoms with van der Waals surface area (Å²) in [7, 11) is -4.04. The Kier molecular flexibility index (Phi) is 6.64. The zero-order chi connectivity index (χ0) is 23.7. The molecule has 1 unspecified atom stereocenters. The molecule has 0 aromatic heterocycles. The summed E-state index contributed by atoms with van der Waals surface area (Å²) < 4.78 is 41.4. The van der Waals surface area contributed by atoms with Gasteiger partial charge in [-0.05, 0) is 54.0 Å². The first-order valence-corrected chi connectivity index (χ1v) is 13.8. The van der Waals surface area contributed by atoms with E-state index in [1.54, 1.807) is 18.2 Å². The molecule has 1 saturated heterocycles. The van der Waals surface area contributed by atoms with Crippen LogP contribution in [0.4, 0.5) is 0 Å². The summed E-state index contributed by atoms with van der Waals surface area (Å²) in [5.41, 5.74) is 1.80. The van der Waals surface area contributed by atoms with Crippen molar-refractivity contribution < 1.29 is 22.7 Å². The minimum atomic E-state index is -4.04. The van der Waals surface area contributed by atoms with Crippen molar-refractivity contribution in [2.75, 3.05) is 13.2 Å². The second-order valence-corrected chi connectivity index (χ2v) is 11.3. The monoisotopic (exact) mass is 543 g/mol. The highest BCUT2D eigenvalue weighted by molar-refractivity contribution is 9.10. The standard InChI is InChI=1S/C26H26BrNO5S/c27-22-11-12-23(33-18-13-15-32-16-14-18)20-8-4-9-21(25(20)22)26(29)28-34(30,31)24-10-3-6-17-5-1-2-7-19(17)24/h1-3,5-7,10-12,18,21H,4,8-9,13-16H2,(H,28,29). The molecule has 1 N–H and O–H groups in total. The van der Waals surface area contributed by atoms with Crippen molar-refractivity contribution in [3.8, 4) is 5.75 Å². The summed E-state index contributed by atoms with van der Waals surface area (Å²) in [6.45, 7) is 1.36. The third kappa shape index (κ3) is 4.59. The van der Waals surface area contributed by atoms with Crippen LogP contribution in [0.3, 0.4) is 0 Å². The van der Waals surface area contributed by atoms with Gasteiger partial charge in [-0.1, -0.05) is 52.3 Å². The third-order valence-corrected chi connectivity index (χ3v) is 8.68. The van der Waals surface area contributed by atoms with Crippen LogP contribution in [-0.4, -0.2) is 33.6 Å². The van der Waals surface area contributed by atoms with Gasteiger partial charge >= 0.3 is 0 Å². The van der Waals surface area contributed by atoms with E-state index in [-0.39, 0.29) is 11.0 Å². The fourth-order valence-corrected chi connectivity index (χ4v) is 6.81. The fraction of sp³-hybridized carbons (Fsp3) is 0.346. The third-order valence-electron chi connectivity index (χ3n) is 6.58. The van der Waals surface area contributed by atoms with Crippen LogP contribution < -0.4 is 9.46 Å². The molecular weight excluding hydrogens is 518 g/mol. The van der Waals surface area contributed by atoms with E-state index in [9.17, 15) is 13.2 Å². The second-order valence-electron chi connectivity index (χ2n) is 8.76. The molecule has 0 saturated carbocycles. The summed E-state index contributed by atoms with van der Waals surface area (Å²) in [5, 5.41) is 1.39. The molecule has 8 heteroatoms. The van der Waals surface area contributed by atoms with E-state index < -0.39 is 21.8 Å². The lowest BCUT2D eigenvalue weighted by Crippen LogP contribution is -2.36. The highest BCUT2D eigenvalue weighted by Crippen LogP contribution is 2.42. The van der Waals surface area contributed by atoms with Gasteiger partial charge in [-0.2, -0.15) is 0 Å². The molecule has 1 fully saturated rings. The number of hydrogen-bond donors (Lipinski definition) is 1. The lowest BCUT2D eigenvalue weighted by molar-refractivity contribution is -0.121. The Labute approximate surface area is 207 Å². The molecule has 3 aromatic carbocycles. The van der Waals surface area contributed by atoms with E-state index in [1.165, 1.54) is 6.07 Å². The van der Waals surface area contributed by atoms with Crippen molar-refractivity contribution in [1.82, 2.24) is 4.72 Å². The molecule has 34 heavy (non-hydrogen) atoms. The van der Waals surface area contributed by atoms with E-state index in [1.807, 2.05) is 30.3 Å². The van der Waals surface area contributed by atoms with E-state index >= 15 is 0 Å². The number of amides is 1. The number of carbonyl (C=O) groups is 1. The number of halogens is 1. The number of carbonyl (C=O) groups excluding carboxylic acids is 1. The molecule has 0 spiro atoms. The summed E-state index contributed by atoms with van der Waals surface area (Å²) >= 11 is 3.60. The molecular formula is C26H26BrNO5S. The first-order chi connectivity index (χ1) is 16.4. The van der Waals surface area contributed by atoms with Gasteiger partial charge in [0, 0.05) is 22.7 Å². The molecule has 1 amide bonds. The fourth-order valence-electron chi connectivity index (χ4n) is 4.91. The van der Waals surface area contributed by atoms with Crippen molar-refractivity contribution >= 4 is 42.6 Å². The average Bonchev–Trinajstić information content (AvgIpc) is 2.85. The first-order valence-electron chi connectivity index (χ1n) is 11.5. The van der Waals surface area contributed by atoms with Crippen molar-refractivity contribution in [3.63, 3.8) is 0 Å². The Balaban J connectivity index is 1.44. The van der Waals surface area contributed by atoms with Gasteiger partial charge in [-0.25, -0.2) is 13.1 Å². The van der Waals surface area contributed by atoms with Crippen molar-refractivity contribution in [1.29, 1.82) is 0 Å². The lowest BCUT2D eigenvalue weighted by Gasteiger charge is -2.30. The van der Waals surface area contributed by atoms with Gasteiger partial charge in [-0.3, -0.25) is 4.79 Å². The molecule has 1 atom stereocenters. The van der Waals surface area contributed by atoms with Gasteiger partial charge in [0.25, 0.3) is 10.0 Å². The molecule has 0 radical (unpaired) electrons. The number of ether oxygens (including phenoxy) is 2. The minimum Gasteiger partial charge on any atom is -0.490 e. The molecule has 1 aliphatic carbocycles. The highest BCUT2D eigenvalue weighted by Gasteiger charge is 2.33. The quantitative estimate of drug-likeness (QED) is 0.485. The maximum Gasteiger partial charge on any atom is 0.264 e. The highest BCUT2D eigenvalue weighted by atomic mass is 79.9. The van der Waals surface area contributed by atoms with Crippen LogP contribution in [0.15, 0.2) is 64.0 Å². The number of hydrogen-bond acceptors (Lipinski definition) is 5. The Bertz CT molecular complexity index is 1330. The molecule has 1 heterocycles. The summed E-state index contributed by atoms with van der Waals surface area (Å²) in [6, 6.07) is 16.1. The van der Waals surface area contributed by atoms with Crippen molar-refractivity contribution in [2.24, 2.45) is 0 Å². The van der Waals surface area contributed by atoms with Crippen molar-refractivity contribution in [2.45, 2.75) is 49.0 Å². The Morgan fingerprint density at radius 3 is 2.59 bits per heavy atom. The summed E-state index contributed by atoms with van der Waals surface area (Å²) in [4.78, 5) is 13.5. The Morgan fingerprint density at radius 2 is 1.76 bits per heavy atom. The molecule has 2 aliphatic rings. The molecule has 6 nitrogen and oxygen atoms in total. The number of rotatable bonds is 5. The smallest absolute Gasteiger partial charge is 0.264 e. The molecule has 1 aliphatic heterocycles. The van der Waals surface area contributed by atoms with E-state index in [2.05, 4.69) is 20.7 Å². The van der Waals surface area contributed by atoms with Gasteiger partial charge in [0.1, 0.15) is 11.9 Å². The van der Waals surface area contributed by atoms with Crippen LogP contribution in [0.2, 0.25) is 0 Å². The second kappa shape index (κ2) is 9.68. The zero-order valence-electron chi connectivity index (χ0n) is 18.6. The lowest BCUT2D eigenvalue weighted by atomic mass is 9.82. The van der Waals surface area contributed by atoms with Gasteiger partial charge < -0.3 is 9.47 Å². The SMILES string of the molecule is O=C(NS(=O)(=O)c1cccc2ccccc12)C1CCCc2c(OC3CCOCC3)ccc(Br)c21. The largest absolute Gasteiger partial charge is 0.490 e. The van der Waals surface area contributed by atoms with Crippen molar-refractivity contribution in [3.05, 3.63) is 70.2 Å². The predicted molar refractivity (Wildman–Crippen MR) is 134 cm³/mol. The maximum absolute atomic E-state index is 13.4. The van der Waals surface area contributed by atoms with E-state index in [4.69, 9.17) is 9.47 Å². The minimum absolute atomic E-state index is 0.0833. The zero-order valence-corrected chi connectivity index (χ0v) is 21.0. The molecule has 178 valence electrons. The Hall–Kier alpha value is -2.42. The summed E-state index contributed by atoms with van der Waals surface area (Å²) in [6.07, 6.45) is 3.88. The van der Waals surface area contributed by atoms with Gasteiger partial charge in [0.05, 0.1) is 24.0 Å². The van der Waals surface area contributed by atoms with Crippen LogP contribution in [0, 0.1) is 0 Å².